The van der Waals surface area contributed by atoms with Crippen LogP contribution in [0.2, 0.25) is 0 Å². The number of rotatable bonds is 4. The summed E-state index contributed by atoms with van der Waals surface area (Å²) >= 11 is 0. The molecule has 0 saturated heterocycles. The second-order valence-electron chi connectivity index (χ2n) is 1.68. The maximum Gasteiger partial charge on any atom is 0.0858 e. The van der Waals surface area contributed by atoms with E-state index in [1.54, 1.807) is 20.8 Å². The summed E-state index contributed by atoms with van der Waals surface area (Å²) in [5.41, 5.74) is 0. The summed E-state index contributed by atoms with van der Waals surface area (Å²) in [6.45, 7) is 3.73. The van der Waals surface area contributed by atoms with Crippen LogP contribution in [0.1, 0.15) is 13.3 Å². The summed E-state index contributed by atoms with van der Waals surface area (Å²) in [5.74, 6) is 0. The van der Waals surface area contributed by atoms with Crippen LogP contribution in [-0.2, 0) is 9.47 Å². The molecule has 0 aliphatic rings. The summed E-state index contributed by atoms with van der Waals surface area (Å²) in [6.07, 6.45) is 1.13. The number of ether oxygens (including phenoxy) is 2. The standard InChI is InChI=1S/C6H13O2/c1-6(8-3)4-5-7-2/h5-6H,4H2,1-3H3. The molecular weight excluding hydrogens is 104 g/mol. The van der Waals surface area contributed by atoms with Crippen molar-refractivity contribution in [2.75, 3.05) is 14.2 Å². The fourth-order valence-electron chi connectivity index (χ4n) is 0.328. The smallest absolute Gasteiger partial charge is 0.0858 e. The fraction of sp³-hybridized carbons (Fsp3) is 0.833. The Morgan fingerprint density at radius 1 is 1.50 bits per heavy atom. The molecule has 2 heteroatoms. The monoisotopic (exact) mass is 117 g/mol. The van der Waals surface area contributed by atoms with Gasteiger partial charge in [0.1, 0.15) is 0 Å². The lowest BCUT2D eigenvalue weighted by molar-refractivity contribution is 0.0997. The molecule has 0 aromatic heterocycles. The highest BCUT2D eigenvalue weighted by Gasteiger charge is 1.96. The summed E-state index contributed by atoms with van der Waals surface area (Å²) in [7, 11) is 3.33. The van der Waals surface area contributed by atoms with Crippen LogP contribution in [0.4, 0.5) is 0 Å². The third kappa shape index (κ3) is 4.09. The predicted octanol–water partition coefficient (Wildman–Crippen LogP) is 1.22. The van der Waals surface area contributed by atoms with Crippen molar-refractivity contribution in [2.24, 2.45) is 0 Å². The summed E-state index contributed by atoms with van der Waals surface area (Å²) < 4.78 is 9.65. The highest BCUT2D eigenvalue weighted by molar-refractivity contribution is 4.55. The lowest BCUT2D eigenvalue weighted by atomic mass is 10.3. The van der Waals surface area contributed by atoms with Gasteiger partial charge in [0, 0.05) is 20.6 Å². The first kappa shape index (κ1) is 7.92. The molecule has 0 aromatic carbocycles. The molecule has 0 heterocycles. The molecule has 2 nitrogen and oxygen atoms in total. The molecule has 1 radical (unpaired) electrons. The van der Waals surface area contributed by atoms with Crippen LogP contribution in [-0.4, -0.2) is 20.3 Å². The van der Waals surface area contributed by atoms with Crippen LogP contribution < -0.4 is 0 Å². The molecule has 0 amide bonds. The zero-order valence-corrected chi connectivity index (χ0v) is 5.68. The Bertz CT molecular complexity index is 45.8. The Kier molecular flexibility index (Phi) is 5.01. The minimum Gasteiger partial charge on any atom is -0.382 e. The molecule has 0 aliphatic carbocycles. The predicted molar refractivity (Wildman–Crippen MR) is 32.4 cm³/mol. The van der Waals surface area contributed by atoms with Crippen LogP contribution in [0.25, 0.3) is 0 Å². The van der Waals surface area contributed by atoms with Crippen molar-refractivity contribution in [3.63, 3.8) is 0 Å². The van der Waals surface area contributed by atoms with E-state index in [2.05, 4.69) is 0 Å². The average molecular weight is 117 g/mol. The van der Waals surface area contributed by atoms with E-state index in [0.717, 1.165) is 6.42 Å². The van der Waals surface area contributed by atoms with Gasteiger partial charge in [-0.1, -0.05) is 0 Å². The van der Waals surface area contributed by atoms with Gasteiger partial charge in [0.25, 0.3) is 0 Å². The quantitative estimate of drug-likeness (QED) is 0.551. The van der Waals surface area contributed by atoms with Crippen molar-refractivity contribution >= 4 is 0 Å². The lowest BCUT2D eigenvalue weighted by Crippen LogP contribution is -2.04. The Hall–Kier alpha value is -0.0800. The Morgan fingerprint density at radius 3 is 2.50 bits per heavy atom. The molecule has 1 atom stereocenters. The molecule has 0 bridgehead atoms. The summed E-state index contributed by atoms with van der Waals surface area (Å²) in [5, 5.41) is 0. The van der Waals surface area contributed by atoms with Gasteiger partial charge in [-0.2, -0.15) is 0 Å². The highest BCUT2D eigenvalue weighted by Crippen LogP contribution is 1.97. The minimum atomic E-state index is 0.273. The van der Waals surface area contributed by atoms with Crippen molar-refractivity contribution in [1.29, 1.82) is 0 Å². The first-order valence-electron chi connectivity index (χ1n) is 2.68. The normalized spacial score (nSPS) is 13.9. The van der Waals surface area contributed by atoms with Crippen LogP contribution in [0.3, 0.4) is 0 Å². The lowest BCUT2D eigenvalue weighted by Gasteiger charge is -2.05. The van der Waals surface area contributed by atoms with E-state index in [1.807, 2.05) is 6.92 Å². The molecule has 0 rings (SSSR count). The van der Waals surface area contributed by atoms with Crippen LogP contribution in [0.15, 0.2) is 0 Å². The third-order valence-corrected chi connectivity index (χ3v) is 0.997. The van der Waals surface area contributed by atoms with Gasteiger partial charge in [-0.05, 0) is 6.92 Å². The largest absolute Gasteiger partial charge is 0.382 e. The molecule has 0 saturated carbocycles. The molecular formula is C6H13O2. The summed E-state index contributed by atoms with van der Waals surface area (Å²) in [4.78, 5) is 0. The maximum absolute atomic E-state index is 4.94. The van der Waals surface area contributed by atoms with Crippen molar-refractivity contribution in [1.82, 2.24) is 0 Å². The van der Waals surface area contributed by atoms with Gasteiger partial charge in [0.05, 0.1) is 12.7 Å². The summed E-state index contributed by atoms with van der Waals surface area (Å²) in [6, 6.07) is 0. The van der Waals surface area contributed by atoms with E-state index in [1.165, 1.54) is 0 Å². The van der Waals surface area contributed by atoms with E-state index < -0.39 is 0 Å². The van der Waals surface area contributed by atoms with E-state index in [9.17, 15) is 0 Å². The van der Waals surface area contributed by atoms with Crippen LogP contribution in [0, 0.1) is 6.61 Å². The van der Waals surface area contributed by atoms with Gasteiger partial charge in [0.2, 0.25) is 0 Å². The number of hydrogen-bond acceptors (Lipinski definition) is 2. The molecule has 0 aromatic rings. The molecule has 0 N–H and O–H groups in total. The Morgan fingerprint density at radius 2 is 2.12 bits per heavy atom. The van der Waals surface area contributed by atoms with Crippen molar-refractivity contribution in [3.8, 4) is 0 Å². The van der Waals surface area contributed by atoms with Crippen molar-refractivity contribution < 1.29 is 9.47 Å². The molecule has 8 heavy (non-hydrogen) atoms. The fourth-order valence-corrected chi connectivity index (χ4v) is 0.328. The van der Waals surface area contributed by atoms with E-state index in [-0.39, 0.29) is 6.10 Å². The molecule has 0 aliphatic heterocycles. The number of methoxy groups -OCH3 is 2. The molecule has 49 valence electrons. The zero-order valence-electron chi connectivity index (χ0n) is 5.68. The third-order valence-electron chi connectivity index (χ3n) is 0.997. The Labute approximate surface area is 50.8 Å². The average Bonchev–Trinajstić information content (AvgIpc) is 1.83. The topological polar surface area (TPSA) is 18.5 Å². The Balaban J connectivity index is 2.86. The van der Waals surface area contributed by atoms with Gasteiger partial charge < -0.3 is 9.47 Å². The second-order valence-corrected chi connectivity index (χ2v) is 1.68. The van der Waals surface area contributed by atoms with Crippen molar-refractivity contribution in [3.05, 3.63) is 6.61 Å². The zero-order chi connectivity index (χ0) is 6.41. The number of hydrogen-bond donors (Lipinski definition) is 0. The van der Waals surface area contributed by atoms with Crippen molar-refractivity contribution in [2.45, 2.75) is 19.4 Å². The van der Waals surface area contributed by atoms with Gasteiger partial charge in [-0.15, -0.1) is 0 Å². The highest BCUT2D eigenvalue weighted by atomic mass is 16.5. The van der Waals surface area contributed by atoms with Gasteiger partial charge in [0.15, 0.2) is 0 Å². The van der Waals surface area contributed by atoms with Gasteiger partial charge in [-0.3, -0.25) is 0 Å². The first-order chi connectivity index (χ1) is 3.81. The van der Waals surface area contributed by atoms with E-state index in [0.29, 0.717) is 0 Å². The van der Waals surface area contributed by atoms with Gasteiger partial charge in [-0.25, -0.2) is 0 Å². The van der Waals surface area contributed by atoms with E-state index >= 15 is 0 Å². The maximum atomic E-state index is 4.94. The second kappa shape index (κ2) is 5.06. The molecule has 1 unspecified atom stereocenters. The van der Waals surface area contributed by atoms with Gasteiger partial charge >= 0.3 is 0 Å². The SMILES string of the molecule is CO[CH]CC(C)OC. The molecule has 0 fully saturated rings. The van der Waals surface area contributed by atoms with Crippen LogP contribution >= 0.6 is 0 Å². The van der Waals surface area contributed by atoms with E-state index in [4.69, 9.17) is 9.47 Å². The first-order valence-corrected chi connectivity index (χ1v) is 2.68. The minimum absolute atomic E-state index is 0.273. The molecule has 0 spiro atoms. The van der Waals surface area contributed by atoms with Crippen LogP contribution in [0.5, 0.6) is 0 Å².